The molecule has 18 heavy (non-hydrogen) atoms. The standard InChI is InChI=1S/C13H18N4O/c1-2-10(14)13(18)15-8-7-12-9-5-3-4-6-11(9)16-17-12/h3-6,10H,2,7-8,14H2,1H3,(H,15,18)(H,16,17)/t10-/m0/s1. The number of benzene rings is 1. The number of rotatable bonds is 5. The second kappa shape index (κ2) is 5.64. The molecule has 96 valence electrons. The molecule has 1 heterocycles. The molecule has 0 saturated heterocycles. The monoisotopic (exact) mass is 246 g/mol. The first kappa shape index (κ1) is 12.6. The van der Waals surface area contributed by atoms with Crippen LogP contribution in [0.3, 0.4) is 0 Å². The fourth-order valence-corrected chi connectivity index (χ4v) is 1.83. The van der Waals surface area contributed by atoms with Crippen molar-refractivity contribution < 1.29 is 4.79 Å². The average molecular weight is 246 g/mol. The van der Waals surface area contributed by atoms with Crippen molar-refractivity contribution in [2.45, 2.75) is 25.8 Å². The van der Waals surface area contributed by atoms with Crippen molar-refractivity contribution in [1.82, 2.24) is 15.5 Å². The van der Waals surface area contributed by atoms with E-state index in [2.05, 4.69) is 15.5 Å². The molecule has 0 bridgehead atoms. The van der Waals surface area contributed by atoms with Crippen LogP contribution in [0.1, 0.15) is 19.0 Å². The van der Waals surface area contributed by atoms with E-state index >= 15 is 0 Å². The van der Waals surface area contributed by atoms with Gasteiger partial charge in [-0.15, -0.1) is 0 Å². The molecule has 0 saturated carbocycles. The van der Waals surface area contributed by atoms with E-state index < -0.39 is 6.04 Å². The Labute approximate surface area is 106 Å². The lowest BCUT2D eigenvalue weighted by Crippen LogP contribution is -2.40. The number of amides is 1. The van der Waals surface area contributed by atoms with E-state index in [4.69, 9.17) is 5.73 Å². The summed E-state index contributed by atoms with van der Waals surface area (Å²) in [5.41, 5.74) is 7.62. The van der Waals surface area contributed by atoms with Gasteiger partial charge in [0.1, 0.15) is 0 Å². The van der Waals surface area contributed by atoms with Gasteiger partial charge in [-0.3, -0.25) is 9.89 Å². The average Bonchev–Trinajstić information content (AvgIpc) is 2.81. The molecule has 0 spiro atoms. The van der Waals surface area contributed by atoms with E-state index in [1.54, 1.807) is 0 Å². The lowest BCUT2D eigenvalue weighted by atomic mass is 10.1. The minimum absolute atomic E-state index is 0.0997. The molecular formula is C13H18N4O. The van der Waals surface area contributed by atoms with E-state index in [0.717, 1.165) is 16.6 Å². The Hall–Kier alpha value is -1.88. The van der Waals surface area contributed by atoms with Gasteiger partial charge < -0.3 is 11.1 Å². The molecule has 0 aliphatic carbocycles. The zero-order chi connectivity index (χ0) is 13.0. The zero-order valence-electron chi connectivity index (χ0n) is 10.4. The zero-order valence-corrected chi connectivity index (χ0v) is 10.4. The third-order valence-corrected chi connectivity index (χ3v) is 2.99. The fourth-order valence-electron chi connectivity index (χ4n) is 1.83. The molecule has 1 aromatic heterocycles. The summed E-state index contributed by atoms with van der Waals surface area (Å²) in [6, 6.07) is 7.53. The largest absolute Gasteiger partial charge is 0.354 e. The van der Waals surface area contributed by atoms with Crippen LogP contribution in [0.25, 0.3) is 10.9 Å². The van der Waals surface area contributed by atoms with Gasteiger partial charge in [0.05, 0.1) is 17.3 Å². The Morgan fingerprint density at radius 2 is 2.28 bits per heavy atom. The van der Waals surface area contributed by atoms with Gasteiger partial charge in [-0.1, -0.05) is 25.1 Å². The molecule has 0 unspecified atom stereocenters. The van der Waals surface area contributed by atoms with Crippen molar-refractivity contribution in [2.24, 2.45) is 5.73 Å². The molecule has 0 fully saturated rings. The highest BCUT2D eigenvalue weighted by atomic mass is 16.2. The number of aromatic amines is 1. The number of hydrogen-bond acceptors (Lipinski definition) is 3. The van der Waals surface area contributed by atoms with E-state index in [-0.39, 0.29) is 5.91 Å². The highest BCUT2D eigenvalue weighted by molar-refractivity contribution is 5.82. The van der Waals surface area contributed by atoms with Crippen molar-refractivity contribution >= 4 is 16.8 Å². The number of H-pyrrole nitrogens is 1. The molecule has 5 heteroatoms. The number of para-hydroxylation sites is 1. The van der Waals surface area contributed by atoms with E-state index in [1.165, 1.54) is 0 Å². The van der Waals surface area contributed by atoms with E-state index in [9.17, 15) is 4.79 Å². The molecule has 0 aliphatic rings. The smallest absolute Gasteiger partial charge is 0.236 e. The summed E-state index contributed by atoms with van der Waals surface area (Å²) in [4.78, 5) is 11.5. The van der Waals surface area contributed by atoms with Crippen LogP contribution in [-0.2, 0) is 11.2 Å². The first-order valence-electron chi connectivity index (χ1n) is 6.17. The first-order chi connectivity index (χ1) is 8.72. The Balaban J connectivity index is 1.93. The normalized spacial score (nSPS) is 12.6. The van der Waals surface area contributed by atoms with Gasteiger partial charge in [0.15, 0.2) is 0 Å². The van der Waals surface area contributed by atoms with E-state index in [0.29, 0.717) is 19.4 Å². The summed E-state index contributed by atoms with van der Waals surface area (Å²) < 4.78 is 0. The molecule has 1 aromatic carbocycles. The summed E-state index contributed by atoms with van der Waals surface area (Å²) in [5.74, 6) is -0.0997. The number of aromatic nitrogens is 2. The minimum atomic E-state index is -0.416. The summed E-state index contributed by atoms with van der Waals surface area (Å²) in [7, 11) is 0. The van der Waals surface area contributed by atoms with Gasteiger partial charge in [-0.05, 0) is 12.5 Å². The van der Waals surface area contributed by atoms with Crippen LogP contribution in [0.15, 0.2) is 24.3 Å². The number of nitrogens with one attached hydrogen (secondary N) is 2. The van der Waals surface area contributed by atoms with Crippen molar-refractivity contribution in [2.75, 3.05) is 6.54 Å². The molecule has 2 rings (SSSR count). The number of fused-ring (bicyclic) bond motifs is 1. The van der Waals surface area contributed by atoms with Crippen LogP contribution in [0, 0.1) is 0 Å². The van der Waals surface area contributed by atoms with Crippen LogP contribution in [-0.4, -0.2) is 28.7 Å². The van der Waals surface area contributed by atoms with Crippen molar-refractivity contribution in [3.8, 4) is 0 Å². The lowest BCUT2D eigenvalue weighted by Gasteiger charge is -2.09. The van der Waals surface area contributed by atoms with Gasteiger partial charge in [-0.25, -0.2) is 0 Å². The summed E-state index contributed by atoms with van der Waals surface area (Å²) in [5, 5.41) is 11.1. The third-order valence-electron chi connectivity index (χ3n) is 2.99. The number of nitrogens with zero attached hydrogens (tertiary/aromatic N) is 1. The third kappa shape index (κ3) is 2.68. The Morgan fingerprint density at radius 3 is 3.06 bits per heavy atom. The maximum Gasteiger partial charge on any atom is 0.236 e. The van der Waals surface area contributed by atoms with E-state index in [1.807, 2.05) is 31.2 Å². The summed E-state index contributed by atoms with van der Waals surface area (Å²) in [6.45, 7) is 2.45. The summed E-state index contributed by atoms with van der Waals surface area (Å²) in [6.07, 6.45) is 1.35. The van der Waals surface area contributed by atoms with Crippen LogP contribution in [0.4, 0.5) is 0 Å². The van der Waals surface area contributed by atoms with Crippen molar-refractivity contribution in [3.63, 3.8) is 0 Å². The van der Waals surface area contributed by atoms with Gasteiger partial charge in [0.25, 0.3) is 0 Å². The van der Waals surface area contributed by atoms with Crippen molar-refractivity contribution in [1.29, 1.82) is 0 Å². The molecule has 1 amide bonds. The van der Waals surface area contributed by atoms with Crippen LogP contribution >= 0.6 is 0 Å². The molecule has 1 atom stereocenters. The maximum atomic E-state index is 11.5. The van der Waals surface area contributed by atoms with Gasteiger partial charge in [0.2, 0.25) is 5.91 Å². The minimum Gasteiger partial charge on any atom is -0.354 e. The predicted octanol–water partition coefficient (Wildman–Crippen LogP) is 0.959. The SMILES string of the molecule is CC[C@H](N)C(=O)NCCc1n[nH]c2ccccc12. The summed E-state index contributed by atoms with van der Waals surface area (Å²) >= 11 is 0. The number of carbonyl (C=O) groups excluding carboxylic acids is 1. The molecular weight excluding hydrogens is 228 g/mol. The number of nitrogens with two attached hydrogens (primary N) is 1. The second-order valence-corrected chi connectivity index (χ2v) is 4.27. The van der Waals surface area contributed by atoms with Crippen LogP contribution in [0.5, 0.6) is 0 Å². The molecule has 0 radical (unpaired) electrons. The molecule has 0 aliphatic heterocycles. The maximum absolute atomic E-state index is 11.5. The quantitative estimate of drug-likeness (QED) is 0.734. The van der Waals surface area contributed by atoms with Crippen LogP contribution in [0.2, 0.25) is 0 Å². The highest BCUT2D eigenvalue weighted by Gasteiger charge is 2.10. The fraction of sp³-hybridized carbons (Fsp3) is 0.385. The van der Waals surface area contributed by atoms with Crippen molar-refractivity contribution in [3.05, 3.63) is 30.0 Å². The first-order valence-corrected chi connectivity index (χ1v) is 6.17. The molecule has 5 nitrogen and oxygen atoms in total. The highest BCUT2D eigenvalue weighted by Crippen LogP contribution is 2.14. The second-order valence-electron chi connectivity index (χ2n) is 4.27. The predicted molar refractivity (Wildman–Crippen MR) is 71.1 cm³/mol. The Kier molecular flexibility index (Phi) is 3.94. The Bertz CT molecular complexity index is 535. The molecule has 2 aromatic rings. The number of hydrogen-bond donors (Lipinski definition) is 3. The topological polar surface area (TPSA) is 83.8 Å². The Morgan fingerprint density at radius 1 is 1.50 bits per heavy atom. The van der Waals surface area contributed by atoms with Gasteiger partial charge >= 0.3 is 0 Å². The molecule has 4 N–H and O–H groups in total. The van der Waals surface area contributed by atoms with Gasteiger partial charge in [0, 0.05) is 18.4 Å². The van der Waals surface area contributed by atoms with Gasteiger partial charge in [-0.2, -0.15) is 5.10 Å². The number of carbonyl (C=O) groups is 1. The lowest BCUT2D eigenvalue weighted by molar-refractivity contribution is -0.122. The van der Waals surface area contributed by atoms with Crippen LogP contribution < -0.4 is 11.1 Å².